The van der Waals surface area contributed by atoms with Crippen LogP contribution < -0.4 is 15.5 Å². The largest absolute Gasteiger partial charge is 0.367 e. The van der Waals surface area contributed by atoms with Gasteiger partial charge in [0.1, 0.15) is 11.6 Å². The number of nitrogens with zero attached hydrogens (tertiary/aromatic N) is 2. The Labute approximate surface area is 169 Å². The molecule has 1 fully saturated rings. The van der Waals surface area contributed by atoms with Gasteiger partial charge in [0.2, 0.25) is 0 Å². The zero-order valence-electron chi connectivity index (χ0n) is 16.5. The molecule has 0 bridgehead atoms. The van der Waals surface area contributed by atoms with Crippen LogP contribution in [-0.2, 0) is 4.79 Å². The van der Waals surface area contributed by atoms with Crippen molar-refractivity contribution in [2.75, 3.05) is 41.7 Å². The Morgan fingerprint density at radius 3 is 2.52 bits per heavy atom. The summed E-state index contributed by atoms with van der Waals surface area (Å²) in [5, 5.41) is 5.55. The van der Waals surface area contributed by atoms with Crippen molar-refractivity contribution in [1.29, 1.82) is 0 Å². The molecule has 2 N–H and O–H groups in total. The van der Waals surface area contributed by atoms with Crippen molar-refractivity contribution in [3.8, 4) is 0 Å². The number of anilines is 3. The number of piperazine rings is 1. The lowest BCUT2D eigenvalue weighted by molar-refractivity contribution is -0.110. The van der Waals surface area contributed by atoms with E-state index in [1.165, 1.54) is 18.3 Å². The fourth-order valence-corrected chi connectivity index (χ4v) is 3.83. The number of hydrogen-bond acceptors (Lipinski definition) is 4. The zero-order chi connectivity index (χ0) is 20.5. The molecular weight excluding hydrogens is 374 g/mol. The van der Waals surface area contributed by atoms with E-state index in [1.54, 1.807) is 24.3 Å². The van der Waals surface area contributed by atoms with Crippen LogP contribution in [0.4, 0.5) is 25.8 Å². The molecule has 0 atom stereocenters. The Hall–Kier alpha value is -2.93. The Morgan fingerprint density at radius 1 is 1.07 bits per heavy atom. The van der Waals surface area contributed by atoms with Crippen LogP contribution in [0, 0.1) is 11.6 Å². The zero-order valence-corrected chi connectivity index (χ0v) is 16.5. The van der Waals surface area contributed by atoms with Gasteiger partial charge >= 0.3 is 0 Å². The average Bonchev–Trinajstić information content (AvgIpc) is 3.03. The van der Waals surface area contributed by atoms with Gasteiger partial charge in [-0.2, -0.15) is 0 Å². The van der Waals surface area contributed by atoms with Gasteiger partial charge in [-0.1, -0.05) is 6.07 Å². The molecule has 2 heterocycles. The SMILES string of the molecule is CC(C)N1CCN(c2ccc(NC=C3C(=O)Nc4cccc(F)c43)cc2F)CC1. The smallest absolute Gasteiger partial charge is 0.257 e. The predicted molar refractivity (Wildman–Crippen MR) is 112 cm³/mol. The van der Waals surface area contributed by atoms with Gasteiger partial charge in [0.15, 0.2) is 0 Å². The maximum atomic E-state index is 14.7. The summed E-state index contributed by atoms with van der Waals surface area (Å²) < 4.78 is 28.8. The molecule has 2 aromatic carbocycles. The van der Waals surface area contributed by atoms with Gasteiger partial charge in [-0.05, 0) is 44.2 Å². The molecule has 0 unspecified atom stereocenters. The van der Waals surface area contributed by atoms with Crippen molar-refractivity contribution in [3.63, 3.8) is 0 Å². The maximum Gasteiger partial charge on any atom is 0.257 e. The van der Waals surface area contributed by atoms with E-state index in [9.17, 15) is 13.6 Å². The number of halogens is 2. The maximum absolute atomic E-state index is 14.7. The van der Waals surface area contributed by atoms with E-state index in [0.29, 0.717) is 23.1 Å². The molecule has 0 saturated carbocycles. The lowest BCUT2D eigenvalue weighted by Crippen LogP contribution is -2.49. The van der Waals surface area contributed by atoms with Gasteiger partial charge in [-0.25, -0.2) is 8.78 Å². The lowest BCUT2D eigenvalue weighted by atomic mass is 10.1. The summed E-state index contributed by atoms with van der Waals surface area (Å²) in [7, 11) is 0. The van der Waals surface area contributed by atoms with E-state index in [1.807, 2.05) is 4.90 Å². The highest BCUT2D eigenvalue weighted by Gasteiger charge is 2.27. The molecule has 1 amide bonds. The minimum Gasteiger partial charge on any atom is -0.367 e. The van der Waals surface area contributed by atoms with E-state index in [-0.39, 0.29) is 17.0 Å². The van der Waals surface area contributed by atoms with Crippen molar-refractivity contribution in [2.45, 2.75) is 19.9 Å². The number of benzene rings is 2. The Kier molecular flexibility index (Phi) is 5.24. The third-order valence-corrected chi connectivity index (χ3v) is 5.49. The number of fused-ring (bicyclic) bond motifs is 1. The van der Waals surface area contributed by atoms with Gasteiger partial charge in [0, 0.05) is 49.7 Å². The molecule has 4 rings (SSSR count). The first-order valence-corrected chi connectivity index (χ1v) is 9.79. The Morgan fingerprint density at radius 2 is 1.83 bits per heavy atom. The van der Waals surface area contributed by atoms with E-state index >= 15 is 0 Å². The molecule has 2 aromatic rings. The highest BCUT2D eigenvalue weighted by atomic mass is 19.1. The summed E-state index contributed by atoms with van der Waals surface area (Å²) in [5.74, 6) is -1.19. The number of hydrogen-bond donors (Lipinski definition) is 2. The summed E-state index contributed by atoms with van der Waals surface area (Å²) >= 11 is 0. The second kappa shape index (κ2) is 7.83. The molecule has 0 radical (unpaired) electrons. The van der Waals surface area contributed by atoms with Crippen LogP contribution in [0.15, 0.2) is 42.6 Å². The predicted octanol–water partition coefficient (Wildman–Crippen LogP) is 3.90. The first-order valence-electron chi connectivity index (χ1n) is 9.79. The highest BCUT2D eigenvalue weighted by molar-refractivity contribution is 6.31. The summed E-state index contributed by atoms with van der Waals surface area (Å²) in [6.45, 7) is 7.71. The molecule has 0 aliphatic carbocycles. The number of carbonyl (C=O) groups is 1. The first kappa shape index (κ1) is 19.4. The fourth-order valence-electron chi connectivity index (χ4n) is 3.83. The minimum absolute atomic E-state index is 0.187. The number of amides is 1. The number of rotatable bonds is 4. The van der Waals surface area contributed by atoms with Gasteiger partial charge in [-0.15, -0.1) is 0 Å². The summed E-state index contributed by atoms with van der Waals surface area (Å²) in [4.78, 5) is 16.6. The Bertz CT molecular complexity index is 965. The molecule has 5 nitrogen and oxygen atoms in total. The van der Waals surface area contributed by atoms with E-state index in [0.717, 1.165) is 26.2 Å². The fraction of sp³-hybridized carbons (Fsp3) is 0.318. The van der Waals surface area contributed by atoms with E-state index in [2.05, 4.69) is 29.4 Å². The van der Waals surface area contributed by atoms with Crippen LogP contribution in [-0.4, -0.2) is 43.0 Å². The van der Waals surface area contributed by atoms with Crippen LogP contribution in [0.1, 0.15) is 19.4 Å². The topological polar surface area (TPSA) is 47.6 Å². The van der Waals surface area contributed by atoms with Crippen molar-refractivity contribution in [3.05, 3.63) is 59.8 Å². The second-order valence-electron chi connectivity index (χ2n) is 7.60. The molecule has 2 aliphatic heterocycles. The summed E-state index contributed by atoms with van der Waals surface area (Å²) in [6, 6.07) is 9.88. The molecule has 7 heteroatoms. The molecule has 0 aromatic heterocycles. The first-order chi connectivity index (χ1) is 13.9. The monoisotopic (exact) mass is 398 g/mol. The minimum atomic E-state index is -0.476. The van der Waals surface area contributed by atoms with Crippen LogP contribution in [0.2, 0.25) is 0 Å². The summed E-state index contributed by atoms with van der Waals surface area (Å²) in [5.41, 5.74) is 1.92. The van der Waals surface area contributed by atoms with E-state index in [4.69, 9.17) is 0 Å². The van der Waals surface area contributed by atoms with Gasteiger partial charge in [0.25, 0.3) is 5.91 Å². The lowest BCUT2D eigenvalue weighted by Gasteiger charge is -2.38. The molecule has 0 spiro atoms. The highest BCUT2D eigenvalue weighted by Crippen LogP contribution is 2.34. The third kappa shape index (κ3) is 3.82. The van der Waals surface area contributed by atoms with Crippen LogP contribution in [0.5, 0.6) is 0 Å². The standard InChI is InChI=1S/C22H24F2N4O/c1-14(2)27-8-10-28(11-9-27)20-7-6-15(12-18(20)24)25-13-16-21-17(23)4-3-5-19(21)26-22(16)29/h3-7,12-14,25H,8-11H2,1-2H3,(H,26,29). The van der Waals surface area contributed by atoms with Crippen LogP contribution in [0.25, 0.3) is 5.57 Å². The molecule has 29 heavy (non-hydrogen) atoms. The van der Waals surface area contributed by atoms with Crippen LogP contribution in [0.3, 0.4) is 0 Å². The second-order valence-corrected chi connectivity index (χ2v) is 7.60. The van der Waals surface area contributed by atoms with Crippen molar-refractivity contribution in [2.24, 2.45) is 0 Å². The number of carbonyl (C=O) groups excluding carboxylic acids is 1. The quantitative estimate of drug-likeness (QED) is 0.767. The summed E-state index contributed by atoms with van der Waals surface area (Å²) in [6.07, 6.45) is 1.42. The van der Waals surface area contributed by atoms with Gasteiger partial charge in [0.05, 0.1) is 16.9 Å². The van der Waals surface area contributed by atoms with Crippen molar-refractivity contribution in [1.82, 2.24) is 4.90 Å². The normalized spacial score (nSPS) is 18.3. The Balaban J connectivity index is 1.49. The average molecular weight is 398 g/mol. The van der Waals surface area contributed by atoms with E-state index < -0.39 is 11.7 Å². The molecule has 152 valence electrons. The number of nitrogens with one attached hydrogen (secondary N) is 2. The third-order valence-electron chi connectivity index (χ3n) is 5.49. The van der Waals surface area contributed by atoms with Crippen molar-refractivity contribution < 1.29 is 13.6 Å². The molecule has 1 saturated heterocycles. The molecular formula is C22H24F2N4O. The van der Waals surface area contributed by atoms with Crippen molar-refractivity contribution >= 4 is 28.5 Å². The van der Waals surface area contributed by atoms with Crippen LogP contribution >= 0.6 is 0 Å². The molecule has 2 aliphatic rings. The van der Waals surface area contributed by atoms with Gasteiger partial charge in [-0.3, -0.25) is 9.69 Å². The van der Waals surface area contributed by atoms with Gasteiger partial charge < -0.3 is 15.5 Å².